The van der Waals surface area contributed by atoms with Gasteiger partial charge in [0.05, 0.1) is 6.04 Å². The Labute approximate surface area is 188 Å². The lowest BCUT2D eigenvalue weighted by atomic mass is 10.0. The fraction of sp³-hybridized carbons (Fsp3) is 0.417. The molecule has 1 aliphatic heterocycles. The number of para-hydroxylation sites is 1. The maximum atomic E-state index is 13.7. The van der Waals surface area contributed by atoms with E-state index in [9.17, 15) is 14.4 Å². The van der Waals surface area contributed by atoms with Gasteiger partial charge in [-0.1, -0.05) is 38.1 Å². The molecule has 2 heterocycles. The third-order valence-corrected chi connectivity index (χ3v) is 5.82. The third-order valence-electron chi connectivity index (χ3n) is 5.82. The summed E-state index contributed by atoms with van der Waals surface area (Å²) in [6, 6.07) is 9.16. The molecule has 1 aromatic carbocycles. The van der Waals surface area contributed by atoms with Crippen molar-refractivity contribution in [3.63, 3.8) is 0 Å². The number of aromatic nitrogens is 1. The van der Waals surface area contributed by atoms with E-state index >= 15 is 0 Å². The predicted molar refractivity (Wildman–Crippen MR) is 124 cm³/mol. The number of carbonyl (C=O) groups is 3. The van der Waals surface area contributed by atoms with E-state index in [0.29, 0.717) is 17.9 Å². The van der Waals surface area contributed by atoms with E-state index in [1.807, 2.05) is 51.1 Å². The van der Waals surface area contributed by atoms with E-state index < -0.39 is 18.1 Å². The van der Waals surface area contributed by atoms with Gasteiger partial charge in [-0.25, -0.2) is 4.98 Å². The molecule has 0 saturated heterocycles. The number of benzene rings is 1. The molecular weight excluding hydrogens is 406 g/mol. The molecule has 0 aliphatic carbocycles. The average molecular weight is 438 g/mol. The van der Waals surface area contributed by atoms with Crippen LogP contribution in [0.5, 0.6) is 0 Å². The molecule has 3 rings (SSSR count). The molecule has 32 heavy (non-hydrogen) atoms. The highest BCUT2D eigenvalue weighted by Crippen LogP contribution is 2.32. The summed E-state index contributed by atoms with van der Waals surface area (Å²) in [6.45, 7) is 7.37. The number of anilines is 2. The van der Waals surface area contributed by atoms with Crippen LogP contribution in [0, 0.1) is 12.8 Å². The van der Waals surface area contributed by atoms with Crippen LogP contribution < -0.4 is 20.9 Å². The lowest BCUT2D eigenvalue weighted by Crippen LogP contribution is -2.57. The smallest absolute Gasteiger partial charge is 0.251 e. The van der Waals surface area contributed by atoms with Crippen LogP contribution >= 0.6 is 0 Å². The number of rotatable bonds is 7. The molecule has 1 aromatic heterocycles. The molecule has 2 unspecified atom stereocenters. The van der Waals surface area contributed by atoms with Gasteiger partial charge in [0.1, 0.15) is 17.9 Å². The lowest BCUT2D eigenvalue weighted by Gasteiger charge is -2.31. The standard InChI is InChI=1S/C24H31N5O3/c1-14(2)20(28-22(30)16(4)25-5)24(32)29-19(13-17-10-8-12-26-21(17)29)23(31)27-18-11-7-6-9-15(18)3/h6-12,14,16,19-20,25H,13H2,1-5H3,(H,27,31)(H,28,30)/t16-,19?,20?/m0/s1. The zero-order valence-corrected chi connectivity index (χ0v) is 19.2. The zero-order valence-electron chi connectivity index (χ0n) is 19.2. The number of carbonyl (C=O) groups excluding carboxylic acids is 3. The topological polar surface area (TPSA) is 103 Å². The molecule has 0 spiro atoms. The van der Waals surface area contributed by atoms with Crippen molar-refractivity contribution >= 4 is 29.2 Å². The van der Waals surface area contributed by atoms with Crippen LogP contribution in [0.4, 0.5) is 11.5 Å². The summed E-state index contributed by atoms with van der Waals surface area (Å²) in [5.74, 6) is -0.629. The Morgan fingerprint density at radius 2 is 1.81 bits per heavy atom. The molecule has 170 valence electrons. The normalized spacial score (nSPS) is 16.9. The summed E-state index contributed by atoms with van der Waals surface area (Å²) >= 11 is 0. The average Bonchev–Trinajstić information content (AvgIpc) is 3.17. The second-order valence-electron chi connectivity index (χ2n) is 8.46. The number of likely N-dealkylation sites (N-methyl/N-ethyl adjacent to an activating group) is 1. The first kappa shape index (κ1) is 23.4. The molecule has 2 aromatic rings. The minimum absolute atomic E-state index is 0.177. The lowest BCUT2D eigenvalue weighted by molar-refractivity contribution is -0.130. The van der Waals surface area contributed by atoms with Gasteiger partial charge in [-0.3, -0.25) is 19.3 Å². The highest BCUT2D eigenvalue weighted by molar-refractivity contribution is 6.09. The summed E-state index contributed by atoms with van der Waals surface area (Å²) in [7, 11) is 1.68. The van der Waals surface area contributed by atoms with E-state index in [1.165, 1.54) is 4.90 Å². The first-order chi connectivity index (χ1) is 15.2. The van der Waals surface area contributed by atoms with Gasteiger partial charge >= 0.3 is 0 Å². The summed E-state index contributed by atoms with van der Waals surface area (Å²) in [4.78, 5) is 45.3. The Morgan fingerprint density at radius 1 is 1.09 bits per heavy atom. The molecule has 0 bridgehead atoms. The van der Waals surface area contributed by atoms with Crippen LogP contribution in [-0.2, 0) is 20.8 Å². The Bertz CT molecular complexity index is 1010. The van der Waals surface area contributed by atoms with Crippen LogP contribution in [0.2, 0.25) is 0 Å². The third kappa shape index (κ3) is 4.80. The largest absolute Gasteiger partial charge is 0.343 e. The second kappa shape index (κ2) is 9.91. The molecule has 1 aliphatic rings. The number of nitrogens with zero attached hydrogens (tertiary/aromatic N) is 2. The summed E-state index contributed by atoms with van der Waals surface area (Å²) in [5.41, 5.74) is 2.45. The molecule has 3 N–H and O–H groups in total. The Kier molecular flexibility index (Phi) is 7.25. The minimum Gasteiger partial charge on any atom is -0.343 e. The number of nitrogens with one attached hydrogen (secondary N) is 3. The minimum atomic E-state index is -0.792. The molecule has 3 amide bonds. The van der Waals surface area contributed by atoms with Gasteiger partial charge in [-0.05, 0) is 50.1 Å². The molecule has 8 nitrogen and oxygen atoms in total. The number of amides is 3. The van der Waals surface area contributed by atoms with E-state index in [4.69, 9.17) is 0 Å². The number of hydrogen-bond donors (Lipinski definition) is 3. The first-order valence-corrected chi connectivity index (χ1v) is 10.9. The van der Waals surface area contributed by atoms with Gasteiger partial charge in [0.15, 0.2) is 0 Å². The molecule has 0 fully saturated rings. The Balaban J connectivity index is 1.91. The summed E-state index contributed by atoms with van der Waals surface area (Å²) < 4.78 is 0. The number of fused-ring (bicyclic) bond motifs is 1. The van der Waals surface area contributed by atoms with E-state index in [-0.39, 0.29) is 23.6 Å². The van der Waals surface area contributed by atoms with Crippen molar-refractivity contribution in [1.29, 1.82) is 0 Å². The van der Waals surface area contributed by atoms with Gasteiger partial charge in [0.25, 0.3) is 5.91 Å². The van der Waals surface area contributed by atoms with Crippen LogP contribution in [0.1, 0.15) is 31.9 Å². The van der Waals surface area contributed by atoms with E-state index in [1.54, 1.807) is 26.2 Å². The van der Waals surface area contributed by atoms with Crippen molar-refractivity contribution < 1.29 is 14.4 Å². The molecular formula is C24H31N5O3. The predicted octanol–water partition coefficient (Wildman–Crippen LogP) is 2.04. The molecule has 3 atom stereocenters. The van der Waals surface area contributed by atoms with Crippen LogP contribution in [-0.4, -0.2) is 47.9 Å². The number of pyridine rings is 1. The first-order valence-electron chi connectivity index (χ1n) is 10.9. The summed E-state index contributed by atoms with van der Waals surface area (Å²) in [5, 5.41) is 8.67. The Hall–Kier alpha value is -3.26. The van der Waals surface area contributed by atoms with Crippen LogP contribution in [0.25, 0.3) is 0 Å². The number of aryl methyl sites for hydroxylation is 1. The Morgan fingerprint density at radius 3 is 2.47 bits per heavy atom. The summed E-state index contributed by atoms with van der Waals surface area (Å²) in [6.07, 6.45) is 1.96. The van der Waals surface area contributed by atoms with Crippen molar-refractivity contribution in [2.45, 2.75) is 52.2 Å². The monoisotopic (exact) mass is 437 g/mol. The zero-order chi connectivity index (χ0) is 23.4. The van der Waals surface area contributed by atoms with E-state index in [2.05, 4.69) is 20.9 Å². The highest BCUT2D eigenvalue weighted by Gasteiger charge is 2.43. The highest BCUT2D eigenvalue weighted by atomic mass is 16.2. The van der Waals surface area contributed by atoms with Crippen molar-refractivity contribution in [1.82, 2.24) is 15.6 Å². The van der Waals surface area contributed by atoms with Crippen molar-refractivity contribution in [2.24, 2.45) is 5.92 Å². The van der Waals surface area contributed by atoms with Gasteiger partial charge in [-0.15, -0.1) is 0 Å². The SMILES string of the molecule is CN[C@@H](C)C(=O)NC(C(=O)N1c2ncccc2CC1C(=O)Nc1ccccc1C)C(C)C. The molecule has 0 saturated carbocycles. The van der Waals surface area contributed by atoms with Crippen LogP contribution in [0.15, 0.2) is 42.6 Å². The van der Waals surface area contributed by atoms with Gasteiger partial charge in [0.2, 0.25) is 11.8 Å². The van der Waals surface area contributed by atoms with Crippen molar-refractivity contribution in [2.75, 3.05) is 17.3 Å². The second-order valence-corrected chi connectivity index (χ2v) is 8.46. The molecule has 8 heteroatoms. The molecule has 0 radical (unpaired) electrons. The van der Waals surface area contributed by atoms with Gasteiger partial charge in [0, 0.05) is 18.3 Å². The van der Waals surface area contributed by atoms with Crippen LogP contribution in [0.3, 0.4) is 0 Å². The van der Waals surface area contributed by atoms with E-state index in [0.717, 1.165) is 11.1 Å². The number of hydrogen-bond acceptors (Lipinski definition) is 5. The quantitative estimate of drug-likeness (QED) is 0.615. The van der Waals surface area contributed by atoms with Crippen molar-refractivity contribution in [3.05, 3.63) is 53.7 Å². The maximum Gasteiger partial charge on any atom is 0.251 e. The maximum absolute atomic E-state index is 13.7. The van der Waals surface area contributed by atoms with Gasteiger partial charge in [-0.2, -0.15) is 0 Å². The fourth-order valence-electron chi connectivity index (χ4n) is 3.72. The fourth-order valence-corrected chi connectivity index (χ4v) is 3.72. The van der Waals surface area contributed by atoms with Gasteiger partial charge < -0.3 is 16.0 Å². The van der Waals surface area contributed by atoms with Crippen molar-refractivity contribution in [3.8, 4) is 0 Å².